The van der Waals surface area contributed by atoms with Crippen LogP contribution in [0.5, 0.6) is 11.5 Å². The molecule has 5 heteroatoms. The Morgan fingerprint density at radius 3 is 2.70 bits per heavy atom. The maximum Gasteiger partial charge on any atom is 0.227 e. The van der Waals surface area contributed by atoms with Gasteiger partial charge in [0.25, 0.3) is 0 Å². The van der Waals surface area contributed by atoms with Crippen molar-refractivity contribution in [3.63, 3.8) is 0 Å². The first-order valence-corrected chi connectivity index (χ1v) is 8.25. The second kappa shape index (κ2) is 7.68. The van der Waals surface area contributed by atoms with Crippen LogP contribution < -0.4 is 15.2 Å². The molecule has 1 aliphatic rings. The van der Waals surface area contributed by atoms with E-state index in [0.29, 0.717) is 24.7 Å². The minimum absolute atomic E-state index is 0.0903. The number of carbonyl (C=O) groups excluding carboxylic acids is 1. The van der Waals surface area contributed by atoms with Crippen LogP contribution in [0.4, 0.5) is 0 Å². The molecule has 23 heavy (non-hydrogen) atoms. The van der Waals surface area contributed by atoms with Crippen molar-refractivity contribution in [2.45, 2.75) is 38.1 Å². The van der Waals surface area contributed by atoms with Gasteiger partial charge in [0.1, 0.15) is 6.61 Å². The molecular formula is C18H28N2O3. The summed E-state index contributed by atoms with van der Waals surface area (Å²) in [5.74, 6) is 1.42. The van der Waals surface area contributed by atoms with Crippen LogP contribution in [0.15, 0.2) is 24.3 Å². The fourth-order valence-electron chi connectivity index (χ4n) is 3.17. The number of para-hydroxylation sites is 2. The quantitative estimate of drug-likeness (QED) is 0.874. The van der Waals surface area contributed by atoms with Gasteiger partial charge in [0, 0.05) is 12.6 Å². The fourth-order valence-corrected chi connectivity index (χ4v) is 3.17. The molecule has 1 fully saturated rings. The molecule has 1 saturated carbocycles. The molecule has 1 aliphatic carbocycles. The van der Waals surface area contributed by atoms with Crippen molar-refractivity contribution in [2.75, 3.05) is 27.3 Å². The standard InChI is InChI=1S/C18H28N2O3/c1-18(19)11-7-6-8-14(18)17(21)20(2)12-13-23-16-10-5-4-9-15(16)22-3/h4-5,9-10,14H,6-8,11-13,19H2,1-3H3. The molecule has 1 aromatic rings. The highest BCUT2D eigenvalue weighted by atomic mass is 16.5. The Morgan fingerprint density at radius 1 is 1.35 bits per heavy atom. The number of nitrogens with two attached hydrogens (primary N) is 1. The minimum Gasteiger partial charge on any atom is -0.493 e. The van der Waals surface area contributed by atoms with Crippen LogP contribution in [-0.4, -0.2) is 43.7 Å². The number of hydrogen-bond donors (Lipinski definition) is 1. The summed E-state index contributed by atoms with van der Waals surface area (Å²) in [6.07, 6.45) is 3.98. The molecule has 0 bridgehead atoms. The van der Waals surface area contributed by atoms with E-state index in [-0.39, 0.29) is 11.8 Å². The fraction of sp³-hybridized carbons (Fsp3) is 0.611. The van der Waals surface area contributed by atoms with Crippen LogP contribution in [0.2, 0.25) is 0 Å². The van der Waals surface area contributed by atoms with E-state index in [1.807, 2.05) is 38.2 Å². The first-order valence-electron chi connectivity index (χ1n) is 8.25. The third-order valence-electron chi connectivity index (χ3n) is 4.68. The monoisotopic (exact) mass is 320 g/mol. The first-order chi connectivity index (χ1) is 11.0. The number of carbonyl (C=O) groups is 1. The predicted octanol–water partition coefficient (Wildman–Crippen LogP) is 2.44. The lowest BCUT2D eigenvalue weighted by atomic mass is 9.74. The number of benzene rings is 1. The van der Waals surface area contributed by atoms with Gasteiger partial charge >= 0.3 is 0 Å². The average Bonchev–Trinajstić information content (AvgIpc) is 2.54. The Labute approximate surface area is 138 Å². The summed E-state index contributed by atoms with van der Waals surface area (Å²) in [7, 11) is 3.43. The van der Waals surface area contributed by atoms with Gasteiger partial charge in [-0.3, -0.25) is 4.79 Å². The summed E-state index contributed by atoms with van der Waals surface area (Å²) in [5.41, 5.74) is 5.93. The maximum atomic E-state index is 12.6. The zero-order valence-corrected chi connectivity index (χ0v) is 14.4. The summed E-state index contributed by atoms with van der Waals surface area (Å²) < 4.78 is 11.0. The molecule has 5 nitrogen and oxygen atoms in total. The van der Waals surface area contributed by atoms with Gasteiger partial charge in [0.2, 0.25) is 5.91 Å². The van der Waals surface area contributed by atoms with Crippen LogP contribution in [0.1, 0.15) is 32.6 Å². The van der Waals surface area contributed by atoms with Gasteiger partial charge in [0.05, 0.1) is 19.6 Å². The molecule has 2 N–H and O–H groups in total. The van der Waals surface area contributed by atoms with E-state index in [9.17, 15) is 4.79 Å². The topological polar surface area (TPSA) is 64.8 Å². The van der Waals surface area contributed by atoms with E-state index in [1.54, 1.807) is 12.0 Å². The smallest absolute Gasteiger partial charge is 0.227 e. The maximum absolute atomic E-state index is 12.6. The largest absolute Gasteiger partial charge is 0.493 e. The Kier molecular flexibility index (Phi) is 5.88. The van der Waals surface area contributed by atoms with Crippen LogP contribution in [0.25, 0.3) is 0 Å². The number of rotatable bonds is 6. The molecule has 0 aliphatic heterocycles. The minimum atomic E-state index is -0.396. The highest BCUT2D eigenvalue weighted by Crippen LogP contribution is 2.32. The molecule has 2 unspecified atom stereocenters. The number of hydrogen-bond acceptors (Lipinski definition) is 4. The zero-order chi connectivity index (χ0) is 16.9. The summed E-state index contributed by atoms with van der Waals surface area (Å²) in [5, 5.41) is 0. The summed E-state index contributed by atoms with van der Waals surface area (Å²) in [6, 6.07) is 7.51. The van der Waals surface area contributed by atoms with Gasteiger partial charge in [-0.25, -0.2) is 0 Å². The first kappa shape index (κ1) is 17.6. The van der Waals surface area contributed by atoms with Gasteiger partial charge in [-0.05, 0) is 31.9 Å². The number of likely N-dealkylation sites (N-methyl/N-ethyl adjacent to an activating group) is 1. The van der Waals surface area contributed by atoms with Crippen molar-refractivity contribution in [2.24, 2.45) is 11.7 Å². The van der Waals surface area contributed by atoms with E-state index in [0.717, 1.165) is 25.7 Å². The second-order valence-corrected chi connectivity index (χ2v) is 6.56. The molecule has 0 radical (unpaired) electrons. The summed E-state index contributed by atoms with van der Waals surface area (Å²) in [4.78, 5) is 14.4. The van der Waals surface area contributed by atoms with Crippen LogP contribution in [0, 0.1) is 5.92 Å². The van der Waals surface area contributed by atoms with Gasteiger partial charge in [-0.1, -0.05) is 25.0 Å². The van der Waals surface area contributed by atoms with Gasteiger partial charge in [-0.2, -0.15) is 0 Å². The lowest BCUT2D eigenvalue weighted by molar-refractivity contribution is -0.137. The molecular weight excluding hydrogens is 292 g/mol. The van der Waals surface area contributed by atoms with Gasteiger partial charge in [0.15, 0.2) is 11.5 Å². The van der Waals surface area contributed by atoms with Crippen LogP contribution >= 0.6 is 0 Å². The van der Waals surface area contributed by atoms with E-state index >= 15 is 0 Å². The highest BCUT2D eigenvalue weighted by Gasteiger charge is 2.38. The van der Waals surface area contributed by atoms with Gasteiger partial charge < -0.3 is 20.1 Å². The Hall–Kier alpha value is -1.75. The molecule has 0 heterocycles. The third-order valence-corrected chi connectivity index (χ3v) is 4.68. The number of methoxy groups -OCH3 is 1. The molecule has 128 valence electrons. The van der Waals surface area contributed by atoms with E-state index in [1.165, 1.54) is 0 Å². The average molecular weight is 320 g/mol. The van der Waals surface area contributed by atoms with Crippen molar-refractivity contribution in [3.8, 4) is 11.5 Å². The van der Waals surface area contributed by atoms with E-state index < -0.39 is 5.54 Å². The molecule has 1 amide bonds. The van der Waals surface area contributed by atoms with Gasteiger partial charge in [-0.15, -0.1) is 0 Å². The highest BCUT2D eigenvalue weighted by molar-refractivity contribution is 5.80. The van der Waals surface area contributed by atoms with E-state index in [4.69, 9.17) is 15.2 Å². The van der Waals surface area contributed by atoms with Crippen molar-refractivity contribution in [1.29, 1.82) is 0 Å². The predicted molar refractivity (Wildman–Crippen MR) is 90.7 cm³/mol. The third kappa shape index (κ3) is 4.38. The molecule has 1 aromatic carbocycles. The lowest BCUT2D eigenvalue weighted by Gasteiger charge is -2.39. The zero-order valence-electron chi connectivity index (χ0n) is 14.4. The SMILES string of the molecule is COc1ccccc1OCCN(C)C(=O)C1CCCCC1(C)N. The van der Waals surface area contributed by atoms with Crippen molar-refractivity contribution in [1.82, 2.24) is 4.90 Å². The summed E-state index contributed by atoms with van der Waals surface area (Å²) in [6.45, 7) is 2.95. The molecule has 2 rings (SSSR count). The van der Waals surface area contributed by atoms with Crippen molar-refractivity contribution in [3.05, 3.63) is 24.3 Å². The molecule has 2 atom stereocenters. The normalized spacial score (nSPS) is 24.1. The van der Waals surface area contributed by atoms with Crippen molar-refractivity contribution < 1.29 is 14.3 Å². The molecule has 0 aromatic heterocycles. The molecule has 0 saturated heterocycles. The number of nitrogens with zero attached hydrogens (tertiary/aromatic N) is 1. The molecule has 0 spiro atoms. The Morgan fingerprint density at radius 2 is 2.04 bits per heavy atom. The number of amides is 1. The van der Waals surface area contributed by atoms with E-state index in [2.05, 4.69) is 0 Å². The Balaban J connectivity index is 1.86. The Bertz CT molecular complexity index is 531. The van der Waals surface area contributed by atoms with Crippen LogP contribution in [0.3, 0.4) is 0 Å². The second-order valence-electron chi connectivity index (χ2n) is 6.56. The van der Waals surface area contributed by atoms with Crippen molar-refractivity contribution >= 4 is 5.91 Å². The lowest BCUT2D eigenvalue weighted by Crippen LogP contribution is -2.53. The summed E-state index contributed by atoms with van der Waals surface area (Å²) >= 11 is 0. The number of ether oxygens (including phenoxy) is 2. The van der Waals surface area contributed by atoms with Crippen LogP contribution in [-0.2, 0) is 4.79 Å².